The van der Waals surface area contributed by atoms with Crippen molar-refractivity contribution in [1.29, 1.82) is 0 Å². The lowest BCUT2D eigenvalue weighted by Crippen LogP contribution is -2.30. The molecule has 0 saturated heterocycles. The Morgan fingerprint density at radius 1 is 1.32 bits per heavy atom. The summed E-state index contributed by atoms with van der Waals surface area (Å²) in [6.45, 7) is 3.34. The summed E-state index contributed by atoms with van der Waals surface area (Å²) in [4.78, 5) is 25.3. The molecule has 5 nitrogen and oxygen atoms in total. The van der Waals surface area contributed by atoms with E-state index in [1.165, 1.54) is 0 Å². The highest BCUT2D eigenvalue weighted by molar-refractivity contribution is 5.99. The van der Waals surface area contributed by atoms with E-state index in [4.69, 9.17) is 5.73 Å². The molecule has 0 heterocycles. The fraction of sp³-hybridized carbons (Fsp3) is 0.385. The van der Waals surface area contributed by atoms with Gasteiger partial charge in [-0.25, -0.2) is 0 Å². The minimum absolute atomic E-state index is 0. The molecule has 0 aliphatic carbocycles. The first kappa shape index (κ1) is 17.4. The minimum Gasteiger partial charge on any atom is -0.351 e. The van der Waals surface area contributed by atoms with Crippen LogP contribution in [0.1, 0.15) is 27.6 Å². The summed E-state index contributed by atoms with van der Waals surface area (Å²) in [7, 11) is 1.73. The van der Waals surface area contributed by atoms with E-state index < -0.39 is 0 Å². The van der Waals surface area contributed by atoms with Gasteiger partial charge < -0.3 is 16.0 Å². The predicted molar refractivity (Wildman–Crippen MR) is 77.7 cm³/mol. The summed E-state index contributed by atoms with van der Waals surface area (Å²) in [5.74, 6) is -0.305. The maximum Gasteiger partial charge on any atom is 0.253 e. The summed E-state index contributed by atoms with van der Waals surface area (Å²) < 4.78 is 0. The lowest BCUT2D eigenvalue weighted by molar-refractivity contribution is 0.0802. The van der Waals surface area contributed by atoms with E-state index in [0.29, 0.717) is 30.8 Å². The maximum absolute atomic E-state index is 11.9. The van der Waals surface area contributed by atoms with Gasteiger partial charge in [-0.3, -0.25) is 9.59 Å². The molecule has 3 N–H and O–H groups in total. The van der Waals surface area contributed by atoms with Crippen LogP contribution >= 0.6 is 12.4 Å². The normalized spacial score (nSPS) is 9.42. The molecule has 0 aliphatic rings. The maximum atomic E-state index is 11.9. The van der Waals surface area contributed by atoms with Gasteiger partial charge >= 0.3 is 0 Å². The fourth-order valence-electron chi connectivity index (χ4n) is 1.45. The van der Waals surface area contributed by atoms with Gasteiger partial charge in [-0.05, 0) is 25.1 Å². The molecule has 0 fully saturated rings. The van der Waals surface area contributed by atoms with Crippen molar-refractivity contribution in [3.8, 4) is 0 Å². The lowest BCUT2D eigenvalue weighted by atomic mass is 10.1. The summed E-state index contributed by atoms with van der Waals surface area (Å²) >= 11 is 0. The average Bonchev–Trinajstić information content (AvgIpc) is 2.43. The number of nitrogens with zero attached hydrogens (tertiary/aromatic N) is 1. The van der Waals surface area contributed by atoms with Gasteiger partial charge in [-0.15, -0.1) is 12.4 Å². The second-order valence-corrected chi connectivity index (χ2v) is 3.94. The number of carbonyl (C=O) groups excluding carboxylic acids is 2. The van der Waals surface area contributed by atoms with Gasteiger partial charge in [-0.2, -0.15) is 0 Å². The molecule has 19 heavy (non-hydrogen) atoms. The number of carbonyl (C=O) groups is 2. The van der Waals surface area contributed by atoms with Crippen LogP contribution in [0.15, 0.2) is 24.3 Å². The molecule has 0 saturated carbocycles. The molecule has 1 rings (SSSR count). The van der Waals surface area contributed by atoms with Gasteiger partial charge in [-0.1, -0.05) is 6.07 Å². The molecule has 106 valence electrons. The standard InChI is InChI=1S/C13H19N3O2.ClH/c1-3-16(2)13(18)11-6-4-5-10(9-11)12(17)15-8-7-14;/h4-6,9H,3,7-8,14H2,1-2H3,(H,15,17);1H. The zero-order valence-corrected chi connectivity index (χ0v) is 12.0. The van der Waals surface area contributed by atoms with Crippen molar-refractivity contribution in [3.05, 3.63) is 35.4 Å². The number of hydrogen-bond donors (Lipinski definition) is 2. The summed E-state index contributed by atoms with van der Waals surface area (Å²) in [5, 5.41) is 2.67. The van der Waals surface area contributed by atoms with Gasteiger partial charge in [0.1, 0.15) is 0 Å². The highest BCUT2D eigenvalue weighted by atomic mass is 35.5. The molecule has 2 amide bonds. The molecule has 0 aromatic heterocycles. The molecule has 0 aliphatic heterocycles. The van der Waals surface area contributed by atoms with E-state index in [2.05, 4.69) is 5.32 Å². The van der Waals surface area contributed by atoms with Gasteiger partial charge in [0, 0.05) is 37.8 Å². The molecule has 6 heteroatoms. The van der Waals surface area contributed by atoms with Crippen LogP contribution in [0.5, 0.6) is 0 Å². The predicted octanol–water partition coefficient (Wildman–Crippen LogP) is 0.889. The highest BCUT2D eigenvalue weighted by Gasteiger charge is 2.12. The Bertz CT molecular complexity index is 438. The number of amides is 2. The monoisotopic (exact) mass is 285 g/mol. The number of hydrogen-bond acceptors (Lipinski definition) is 3. The third-order valence-electron chi connectivity index (χ3n) is 2.62. The van der Waals surface area contributed by atoms with Crippen LogP contribution in [0.25, 0.3) is 0 Å². The van der Waals surface area contributed by atoms with E-state index in [-0.39, 0.29) is 24.2 Å². The average molecular weight is 286 g/mol. The van der Waals surface area contributed by atoms with Crippen LogP contribution in [0.4, 0.5) is 0 Å². The Kier molecular flexibility index (Phi) is 7.79. The largest absolute Gasteiger partial charge is 0.351 e. The van der Waals surface area contributed by atoms with Crippen molar-refractivity contribution in [2.24, 2.45) is 5.73 Å². The molecule has 0 spiro atoms. The van der Waals surface area contributed by atoms with Gasteiger partial charge in [0.05, 0.1) is 0 Å². The summed E-state index contributed by atoms with van der Waals surface area (Å²) in [6.07, 6.45) is 0. The van der Waals surface area contributed by atoms with Crippen LogP contribution < -0.4 is 11.1 Å². The quantitative estimate of drug-likeness (QED) is 0.844. The Morgan fingerprint density at radius 2 is 1.95 bits per heavy atom. The van der Waals surface area contributed by atoms with Crippen LogP contribution in [0.2, 0.25) is 0 Å². The van der Waals surface area contributed by atoms with Crippen molar-refractivity contribution >= 4 is 24.2 Å². The van der Waals surface area contributed by atoms with Crippen LogP contribution in [-0.2, 0) is 0 Å². The van der Waals surface area contributed by atoms with Crippen molar-refractivity contribution in [2.75, 3.05) is 26.7 Å². The Hall–Kier alpha value is -1.59. The Labute approximate surface area is 119 Å². The van der Waals surface area contributed by atoms with Crippen LogP contribution in [0, 0.1) is 0 Å². The second kappa shape index (κ2) is 8.50. The van der Waals surface area contributed by atoms with Gasteiger partial charge in [0.15, 0.2) is 0 Å². The summed E-state index contributed by atoms with van der Waals surface area (Å²) in [5.41, 5.74) is 6.30. The number of rotatable bonds is 5. The van der Waals surface area contributed by atoms with Crippen molar-refractivity contribution < 1.29 is 9.59 Å². The van der Waals surface area contributed by atoms with Gasteiger partial charge in [0.25, 0.3) is 11.8 Å². The van der Waals surface area contributed by atoms with E-state index in [0.717, 1.165) is 0 Å². The Balaban J connectivity index is 0.00000324. The van der Waals surface area contributed by atoms with E-state index in [9.17, 15) is 9.59 Å². The molecular formula is C13H20ClN3O2. The molecule has 1 aromatic rings. The van der Waals surface area contributed by atoms with E-state index >= 15 is 0 Å². The highest BCUT2D eigenvalue weighted by Crippen LogP contribution is 2.07. The van der Waals surface area contributed by atoms with Crippen molar-refractivity contribution in [3.63, 3.8) is 0 Å². The summed E-state index contributed by atoms with van der Waals surface area (Å²) in [6, 6.07) is 6.68. The van der Waals surface area contributed by atoms with E-state index in [1.807, 2.05) is 6.92 Å². The molecule has 0 unspecified atom stereocenters. The zero-order valence-electron chi connectivity index (χ0n) is 11.2. The third kappa shape index (κ3) is 4.89. The van der Waals surface area contributed by atoms with E-state index in [1.54, 1.807) is 36.2 Å². The smallest absolute Gasteiger partial charge is 0.253 e. The number of halogens is 1. The first-order valence-corrected chi connectivity index (χ1v) is 5.94. The number of nitrogens with two attached hydrogens (primary N) is 1. The molecule has 0 bridgehead atoms. The fourth-order valence-corrected chi connectivity index (χ4v) is 1.45. The SMILES string of the molecule is CCN(C)C(=O)c1cccc(C(=O)NCCN)c1.Cl. The topological polar surface area (TPSA) is 75.4 Å². The first-order chi connectivity index (χ1) is 8.60. The first-order valence-electron chi connectivity index (χ1n) is 5.94. The van der Waals surface area contributed by atoms with Crippen LogP contribution in [-0.4, -0.2) is 43.4 Å². The molecule has 0 radical (unpaired) electrons. The third-order valence-corrected chi connectivity index (χ3v) is 2.62. The molecular weight excluding hydrogens is 266 g/mol. The minimum atomic E-state index is -0.214. The second-order valence-electron chi connectivity index (χ2n) is 3.94. The molecule has 1 aromatic carbocycles. The van der Waals surface area contributed by atoms with Crippen molar-refractivity contribution in [2.45, 2.75) is 6.92 Å². The van der Waals surface area contributed by atoms with Crippen molar-refractivity contribution in [1.82, 2.24) is 10.2 Å². The van der Waals surface area contributed by atoms with Crippen LogP contribution in [0.3, 0.4) is 0 Å². The lowest BCUT2D eigenvalue weighted by Gasteiger charge is -2.14. The Morgan fingerprint density at radius 3 is 2.53 bits per heavy atom. The number of benzene rings is 1. The molecule has 0 atom stereocenters. The zero-order chi connectivity index (χ0) is 13.5. The number of nitrogens with one attached hydrogen (secondary N) is 1. The van der Waals surface area contributed by atoms with Gasteiger partial charge in [0.2, 0.25) is 0 Å².